The summed E-state index contributed by atoms with van der Waals surface area (Å²) in [5.41, 5.74) is 0.776. The van der Waals surface area contributed by atoms with Crippen molar-refractivity contribution in [1.29, 1.82) is 0 Å². The molecule has 1 atom stereocenters. The minimum Gasteiger partial charge on any atom is -0.393 e. The number of carbonyl (C=O) groups is 1. The van der Waals surface area contributed by atoms with E-state index in [1.165, 1.54) is 0 Å². The van der Waals surface area contributed by atoms with Crippen molar-refractivity contribution in [3.63, 3.8) is 0 Å². The van der Waals surface area contributed by atoms with Gasteiger partial charge in [0.2, 0.25) is 5.91 Å². The summed E-state index contributed by atoms with van der Waals surface area (Å²) in [5.74, 6) is -0.125. The summed E-state index contributed by atoms with van der Waals surface area (Å²) in [7, 11) is 0. The van der Waals surface area contributed by atoms with Crippen LogP contribution in [-0.4, -0.2) is 17.1 Å². The van der Waals surface area contributed by atoms with Gasteiger partial charge < -0.3 is 10.4 Å². The fourth-order valence-corrected chi connectivity index (χ4v) is 1.68. The van der Waals surface area contributed by atoms with Crippen LogP contribution in [0.4, 0.5) is 5.69 Å². The maximum atomic E-state index is 11.6. The van der Waals surface area contributed by atoms with E-state index in [0.717, 1.165) is 24.9 Å². The van der Waals surface area contributed by atoms with Crippen molar-refractivity contribution in [2.45, 2.75) is 45.1 Å². The Morgan fingerprint density at radius 3 is 2.65 bits per heavy atom. The first-order valence-corrected chi connectivity index (χ1v) is 6.25. The van der Waals surface area contributed by atoms with Gasteiger partial charge in [0.25, 0.3) is 0 Å². The first-order chi connectivity index (χ1) is 8.22. The smallest absolute Gasteiger partial charge is 0.226 e. The molecule has 1 aromatic carbocycles. The molecular formula is C14H21NO2. The van der Waals surface area contributed by atoms with Crippen LogP contribution in [0.25, 0.3) is 0 Å². The zero-order valence-corrected chi connectivity index (χ0v) is 10.4. The van der Waals surface area contributed by atoms with Crippen molar-refractivity contribution in [1.82, 2.24) is 0 Å². The monoisotopic (exact) mass is 235 g/mol. The molecule has 1 rings (SSSR count). The number of unbranched alkanes of at least 4 members (excludes halogenated alkanes) is 2. The third-order valence-corrected chi connectivity index (χ3v) is 2.62. The van der Waals surface area contributed by atoms with Gasteiger partial charge in [-0.2, -0.15) is 0 Å². The molecule has 0 aliphatic carbocycles. The number of aliphatic hydroxyl groups is 1. The molecule has 3 heteroatoms. The van der Waals surface area contributed by atoms with Gasteiger partial charge in [0, 0.05) is 5.69 Å². The van der Waals surface area contributed by atoms with E-state index in [9.17, 15) is 9.90 Å². The molecule has 0 bridgehead atoms. The molecule has 0 aromatic heterocycles. The molecule has 1 aromatic rings. The normalized spacial score (nSPS) is 12.1. The fourth-order valence-electron chi connectivity index (χ4n) is 1.68. The zero-order valence-electron chi connectivity index (χ0n) is 10.4. The molecule has 3 nitrogen and oxygen atoms in total. The number of nitrogens with one attached hydrogen (secondary N) is 1. The summed E-state index contributed by atoms with van der Waals surface area (Å²) in [5, 5.41) is 12.4. The van der Waals surface area contributed by atoms with Crippen molar-refractivity contribution < 1.29 is 9.90 Å². The van der Waals surface area contributed by atoms with Crippen LogP contribution in [0, 0.1) is 0 Å². The number of amides is 1. The molecule has 0 unspecified atom stereocenters. The van der Waals surface area contributed by atoms with Gasteiger partial charge in [0.05, 0.1) is 12.5 Å². The van der Waals surface area contributed by atoms with Crippen molar-refractivity contribution in [3.05, 3.63) is 30.3 Å². The molecular weight excluding hydrogens is 214 g/mol. The number of hydrogen-bond donors (Lipinski definition) is 2. The van der Waals surface area contributed by atoms with Gasteiger partial charge in [-0.05, 0) is 18.6 Å². The molecule has 0 saturated carbocycles. The average Bonchev–Trinajstić information content (AvgIpc) is 2.30. The molecule has 1 amide bonds. The van der Waals surface area contributed by atoms with E-state index in [4.69, 9.17) is 0 Å². The third-order valence-electron chi connectivity index (χ3n) is 2.62. The quantitative estimate of drug-likeness (QED) is 0.714. The summed E-state index contributed by atoms with van der Waals surface area (Å²) in [4.78, 5) is 11.6. The van der Waals surface area contributed by atoms with Crippen LogP contribution in [-0.2, 0) is 4.79 Å². The van der Waals surface area contributed by atoms with E-state index in [2.05, 4.69) is 12.2 Å². The second-order valence-electron chi connectivity index (χ2n) is 4.27. The molecule has 0 radical (unpaired) electrons. The Morgan fingerprint density at radius 2 is 2.00 bits per heavy atom. The highest BCUT2D eigenvalue weighted by atomic mass is 16.3. The Labute approximate surface area is 103 Å². The highest BCUT2D eigenvalue weighted by Gasteiger charge is 2.10. The van der Waals surface area contributed by atoms with E-state index in [1.54, 1.807) is 0 Å². The van der Waals surface area contributed by atoms with Crippen LogP contribution < -0.4 is 5.32 Å². The molecule has 94 valence electrons. The number of para-hydroxylation sites is 1. The molecule has 2 N–H and O–H groups in total. The number of anilines is 1. The first kappa shape index (κ1) is 13.7. The number of carbonyl (C=O) groups excluding carboxylic acids is 1. The fraction of sp³-hybridized carbons (Fsp3) is 0.500. The van der Waals surface area contributed by atoms with Crippen LogP contribution in [0.5, 0.6) is 0 Å². The Bertz CT molecular complexity index is 324. The molecule has 0 aliphatic heterocycles. The minimum absolute atomic E-state index is 0.125. The maximum absolute atomic E-state index is 11.6. The number of aliphatic hydroxyl groups excluding tert-OH is 1. The molecule has 0 spiro atoms. The van der Waals surface area contributed by atoms with Crippen molar-refractivity contribution in [3.8, 4) is 0 Å². The predicted octanol–water partition coefficient (Wildman–Crippen LogP) is 2.96. The molecule has 0 heterocycles. The van der Waals surface area contributed by atoms with E-state index in [0.29, 0.717) is 6.42 Å². The SMILES string of the molecule is CCCCC[C@H](O)CC(=O)Nc1ccccc1. The van der Waals surface area contributed by atoms with Crippen LogP contribution >= 0.6 is 0 Å². The lowest BCUT2D eigenvalue weighted by atomic mass is 10.1. The van der Waals surface area contributed by atoms with Crippen LogP contribution in [0.2, 0.25) is 0 Å². The number of hydrogen-bond acceptors (Lipinski definition) is 2. The zero-order chi connectivity index (χ0) is 12.5. The summed E-state index contributed by atoms with van der Waals surface area (Å²) >= 11 is 0. The van der Waals surface area contributed by atoms with Gasteiger partial charge >= 0.3 is 0 Å². The molecule has 0 aliphatic rings. The molecule has 0 fully saturated rings. The van der Waals surface area contributed by atoms with Crippen molar-refractivity contribution in [2.24, 2.45) is 0 Å². The number of rotatable bonds is 7. The van der Waals surface area contributed by atoms with Crippen LogP contribution in [0.1, 0.15) is 39.0 Å². The Kier molecular flexibility index (Phi) is 6.33. The van der Waals surface area contributed by atoms with Gasteiger partial charge in [0.15, 0.2) is 0 Å². The Hall–Kier alpha value is -1.35. The van der Waals surface area contributed by atoms with Crippen molar-refractivity contribution in [2.75, 3.05) is 5.32 Å². The van der Waals surface area contributed by atoms with E-state index in [1.807, 2.05) is 30.3 Å². The molecule has 17 heavy (non-hydrogen) atoms. The van der Waals surface area contributed by atoms with Gasteiger partial charge in [-0.15, -0.1) is 0 Å². The second kappa shape index (κ2) is 7.85. The largest absolute Gasteiger partial charge is 0.393 e. The summed E-state index contributed by atoms with van der Waals surface area (Å²) in [6.07, 6.45) is 3.58. The highest BCUT2D eigenvalue weighted by molar-refractivity contribution is 5.90. The van der Waals surface area contributed by atoms with Gasteiger partial charge in [-0.3, -0.25) is 4.79 Å². The number of benzene rings is 1. The Morgan fingerprint density at radius 1 is 1.29 bits per heavy atom. The maximum Gasteiger partial charge on any atom is 0.226 e. The van der Waals surface area contributed by atoms with Gasteiger partial charge in [-0.25, -0.2) is 0 Å². The average molecular weight is 235 g/mol. The third kappa shape index (κ3) is 6.07. The second-order valence-corrected chi connectivity index (χ2v) is 4.27. The van der Waals surface area contributed by atoms with Crippen LogP contribution in [0.3, 0.4) is 0 Å². The lowest BCUT2D eigenvalue weighted by molar-refractivity contribution is -0.118. The lowest BCUT2D eigenvalue weighted by Crippen LogP contribution is -2.19. The predicted molar refractivity (Wildman–Crippen MR) is 69.8 cm³/mol. The van der Waals surface area contributed by atoms with E-state index >= 15 is 0 Å². The standard InChI is InChI=1S/C14H21NO2/c1-2-3-5-10-13(16)11-14(17)15-12-8-6-4-7-9-12/h4,6-9,13,16H,2-3,5,10-11H2,1H3,(H,15,17)/t13-/m0/s1. The topological polar surface area (TPSA) is 49.3 Å². The van der Waals surface area contributed by atoms with Crippen molar-refractivity contribution >= 4 is 11.6 Å². The summed E-state index contributed by atoms with van der Waals surface area (Å²) < 4.78 is 0. The van der Waals surface area contributed by atoms with Gasteiger partial charge in [0.1, 0.15) is 0 Å². The highest BCUT2D eigenvalue weighted by Crippen LogP contribution is 2.09. The lowest BCUT2D eigenvalue weighted by Gasteiger charge is -2.10. The Balaban J connectivity index is 2.25. The summed E-state index contributed by atoms with van der Waals surface area (Å²) in [6, 6.07) is 9.30. The summed E-state index contributed by atoms with van der Waals surface area (Å²) in [6.45, 7) is 2.12. The van der Waals surface area contributed by atoms with E-state index < -0.39 is 6.10 Å². The first-order valence-electron chi connectivity index (χ1n) is 6.25. The minimum atomic E-state index is -0.523. The van der Waals surface area contributed by atoms with E-state index in [-0.39, 0.29) is 12.3 Å². The van der Waals surface area contributed by atoms with Crippen LogP contribution in [0.15, 0.2) is 30.3 Å². The molecule has 0 saturated heterocycles. The van der Waals surface area contributed by atoms with Gasteiger partial charge in [-0.1, -0.05) is 44.4 Å².